The number of thiophene rings is 1. The van der Waals surface area contributed by atoms with Crippen LogP contribution in [0, 0.1) is 0 Å². The van der Waals surface area contributed by atoms with E-state index in [4.69, 9.17) is 26.8 Å². The Bertz CT molecular complexity index is 1250. The van der Waals surface area contributed by atoms with Crippen LogP contribution in [0.5, 0.6) is 0 Å². The van der Waals surface area contributed by atoms with Crippen molar-refractivity contribution in [1.82, 2.24) is 10.3 Å². The molecule has 3 rings (SSSR count). The van der Waals surface area contributed by atoms with Gasteiger partial charge in [-0.1, -0.05) is 17.7 Å². The Balaban J connectivity index is 1.67. The van der Waals surface area contributed by atoms with E-state index in [0.717, 1.165) is 21.5 Å². The number of nitrogens with zero attached hydrogens (tertiary/aromatic N) is 2. The molecule has 1 aromatic carbocycles. The molecule has 3 aromatic rings. The van der Waals surface area contributed by atoms with Gasteiger partial charge in [-0.25, -0.2) is 9.78 Å². The van der Waals surface area contributed by atoms with Crippen LogP contribution in [0.1, 0.15) is 41.9 Å². The maximum absolute atomic E-state index is 12.9. The van der Waals surface area contributed by atoms with Crippen LogP contribution in [0.25, 0.3) is 10.9 Å². The van der Waals surface area contributed by atoms with Gasteiger partial charge in [0.1, 0.15) is 11.9 Å². The van der Waals surface area contributed by atoms with Gasteiger partial charge in [0.15, 0.2) is 0 Å². The zero-order chi connectivity index (χ0) is 26.2. The largest absolute Gasteiger partial charge is 0.466 e. The molecule has 0 spiro atoms. The van der Waals surface area contributed by atoms with E-state index in [0.29, 0.717) is 22.3 Å². The molecule has 11 heteroatoms. The summed E-state index contributed by atoms with van der Waals surface area (Å²) in [7, 11) is 1.92. The number of rotatable bonds is 11. The summed E-state index contributed by atoms with van der Waals surface area (Å²) in [6.07, 6.45) is 0.0838. The van der Waals surface area contributed by atoms with Gasteiger partial charge in [-0.2, -0.15) is 0 Å². The lowest BCUT2D eigenvalue weighted by molar-refractivity contribution is -0.146. The highest BCUT2D eigenvalue weighted by Crippen LogP contribution is 2.29. The lowest BCUT2D eigenvalue weighted by Gasteiger charge is -2.18. The summed E-state index contributed by atoms with van der Waals surface area (Å²) in [6, 6.07) is 10.0. The fraction of sp³-hybridized carbons (Fsp3) is 0.360. The molecule has 0 aliphatic carbocycles. The minimum atomic E-state index is -0.949. The highest BCUT2D eigenvalue weighted by Gasteiger charge is 2.25. The minimum absolute atomic E-state index is 0.00604. The van der Waals surface area contributed by atoms with Gasteiger partial charge in [-0.05, 0) is 56.2 Å². The molecule has 0 radical (unpaired) electrons. The average Bonchev–Trinajstić information content (AvgIpc) is 3.33. The zero-order valence-electron chi connectivity index (χ0n) is 20.4. The van der Waals surface area contributed by atoms with Gasteiger partial charge in [0.05, 0.1) is 33.6 Å². The number of hydrogen-bond acceptors (Lipinski definition) is 9. The average molecular weight is 533 g/mol. The molecule has 0 aliphatic rings. The molecule has 2 heterocycles. The van der Waals surface area contributed by atoms with Crippen molar-refractivity contribution >= 4 is 62.5 Å². The van der Waals surface area contributed by atoms with Crippen molar-refractivity contribution in [2.24, 2.45) is 0 Å². The second-order valence-electron chi connectivity index (χ2n) is 8.00. The number of nitrogen functional groups attached to an aromatic ring is 1. The number of carbonyl (C=O) groups is 3. The first-order chi connectivity index (χ1) is 17.2. The number of halogens is 1. The van der Waals surface area contributed by atoms with Gasteiger partial charge in [0.25, 0.3) is 5.91 Å². The molecule has 1 amide bonds. The molecule has 0 bridgehead atoms. The number of nitrogens with one attached hydrogen (secondary N) is 1. The molecule has 3 N–H and O–H groups in total. The van der Waals surface area contributed by atoms with Gasteiger partial charge in [0, 0.05) is 25.4 Å². The predicted octanol–water partition coefficient (Wildman–Crippen LogP) is 4.17. The van der Waals surface area contributed by atoms with E-state index in [1.54, 1.807) is 26.0 Å². The number of aromatic nitrogens is 1. The van der Waals surface area contributed by atoms with Crippen molar-refractivity contribution in [3.05, 3.63) is 51.9 Å². The normalized spacial score (nSPS) is 11.7. The van der Waals surface area contributed by atoms with Crippen LogP contribution in [-0.2, 0) is 25.6 Å². The Labute approximate surface area is 218 Å². The summed E-state index contributed by atoms with van der Waals surface area (Å²) < 4.78 is 9.97. The molecule has 0 saturated carbocycles. The third-order valence-electron chi connectivity index (χ3n) is 5.27. The highest BCUT2D eigenvalue weighted by molar-refractivity contribution is 7.18. The summed E-state index contributed by atoms with van der Waals surface area (Å²) in [5.74, 6) is -1.07. The van der Waals surface area contributed by atoms with E-state index < -0.39 is 23.9 Å². The first-order valence-electron chi connectivity index (χ1n) is 11.5. The molecule has 2 aromatic heterocycles. The van der Waals surface area contributed by atoms with Gasteiger partial charge in [0.2, 0.25) is 0 Å². The van der Waals surface area contributed by atoms with Crippen LogP contribution in [0.2, 0.25) is 5.02 Å². The number of hydrogen-bond donors (Lipinski definition) is 2. The lowest BCUT2D eigenvalue weighted by atomic mass is 10.1. The third-order valence-corrected chi connectivity index (χ3v) is 6.78. The van der Waals surface area contributed by atoms with E-state index in [2.05, 4.69) is 10.3 Å². The van der Waals surface area contributed by atoms with Gasteiger partial charge >= 0.3 is 11.9 Å². The zero-order valence-corrected chi connectivity index (χ0v) is 21.9. The van der Waals surface area contributed by atoms with Gasteiger partial charge in [-0.15, -0.1) is 11.3 Å². The number of carbonyl (C=O) groups excluding carboxylic acids is 3. The Hall–Kier alpha value is -3.37. The SMILES string of the molecule is CCOC(=O)CC[C@@H](NC(=O)c1ccc(N(C)Cc2ccc3nc(N)cc(Cl)c3c2)s1)C(=O)OCC. The highest BCUT2D eigenvalue weighted by atomic mass is 35.5. The van der Waals surface area contributed by atoms with Crippen LogP contribution in [0.3, 0.4) is 0 Å². The number of ether oxygens (including phenoxy) is 2. The molecular formula is C25H29ClN4O5S. The molecule has 0 fully saturated rings. The summed E-state index contributed by atoms with van der Waals surface area (Å²) in [6.45, 7) is 4.37. The lowest BCUT2D eigenvalue weighted by Crippen LogP contribution is -2.42. The van der Waals surface area contributed by atoms with Gasteiger partial charge in [-0.3, -0.25) is 9.59 Å². The minimum Gasteiger partial charge on any atom is -0.466 e. The third kappa shape index (κ3) is 7.08. The quantitative estimate of drug-likeness (QED) is 0.352. The van der Waals surface area contributed by atoms with Crippen LogP contribution in [-0.4, -0.2) is 49.1 Å². The fourth-order valence-electron chi connectivity index (χ4n) is 3.57. The number of nitrogens with two attached hydrogens (primary N) is 1. The van der Waals surface area contributed by atoms with Crippen LogP contribution in [0.4, 0.5) is 10.8 Å². The topological polar surface area (TPSA) is 124 Å². The summed E-state index contributed by atoms with van der Waals surface area (Å²) in [4.78, 5) is 43.6. The van der Waals surface area contributed by atoms with Crippen molar-refractivity contribution in [2.45, 2.75) is 39.3 Å². The van der Waals surface area contributed by atoms with E-state index in [-0.39, 0.29) is 26.1 Å². The smallest absolute Gasteiger partial charge is 0.328 e. The number of esters is 2. The summed E-state index contributed by atoms with van der Waals surface area (Å²) in [5.41, 5.74) is 7.50. The standard InChI is InChI=1S/C25H29ClN4O5S/c1-4-34-23(31)11-8-19(25(33)35-5-2)29-24(32)20-9-10-22(36-20)30(3)14-15-6-7-18-16(12-15)17(26)13-21(27)28-18/h6-7,9-10,12-13,19H,4-5,8,11,14H2,1-3H3,(H2,27,28)(H,29,32)/t19-/m1/s1. The monoisotopic (exact) mass is 532 g/mol. The van der Waals surface area contributed by atoms with Crippen molar-refractivity contribution in [1.29, 1.82) is 0 Å². The van der Waals surface area contributed by atoms with E-state index in [9.17, 15) is 14.4 Å². The number of benzene rings is 1. The molecule has 9 nitrogen and oxygen atoms in total. The molecule has 192 valence electrons. The van der Waals surface area contributed by atoms with Crippen molar-refractivity contribution in [3.63, 3.8) is 0 Å². The molecular weight excluding hydrogens is 504 g/mol. The molecule has 0 unspecified atom stereocenters. The maximum atomic E-state index is 12.9. The number of anilines is 2. The summed E-state index contributed by atoms with van der Waals surface area (Å²) in [5, 5.41) is 4.90. The number of fused-ring (bicyclic) bond motifs is 1. The second-order valence-corrected chi connectivity index (χ2v) is 9.47. The molecule has 0 saturated heterocycles. The number of pyridine rings is 1. The molecule has 1 atom stereocenters. The maximum Gasteiger partial charge on any atom is 0.328 e. The second kappa shape index (κ2) is 12.5. The van der Waals surface area contributed by atoms with Crippen LogP contribution in [0.15, 0.2) is 36.4 Å². The van der Waals surface area contributed by atoms with Crippen molar-refractivity contribution < 1.29 is 23.9 Å². The van der Waals surface area contributed by atoms with Crippen molar-refractivity contribution in [3.8, 4) is 0 Å². The fourth-order valence-corrected chi connectivity index (χ4v) is 4.71. The Morgan fingerprint density at radius 2 is 1.89 bits per heavy atom. The molecule has 36 heavy (non-hydrogen) atoms. The first kappa shape index (κ1) is 27.2. The Kier molecular flexibility index (Phi) is 9.49. The molecule has 0 aliphatic heterocycles. The number of amides is 1. The first-order valence-corrected chi connectivity index (χ1v) is 12.7. The van der Waals surface area contributed by atoms with Gasteiger partial charge < -0.3 is 25.4 Å². The summed E-state index contributed by atoms with van der Waals surface area (Å²) >= 11 is 7.62. The van der Waals surface area contributed by atoms with E-state index >= 15 is 0 Å². The van der Waals surface area contributed by atoms with Crippen LogP contribution >= 0.6 is 22.9 Å². The van der Waals surface area contributed by atoms with Crippen molar-refractivity contribution in [2.75, 3.05) is 30.9 Å². The Morgan fingerprint density at radius 1 is 1.14 bits per heavy atom. The van der Waals surface area contributed by atoms with E-state index in [1.807, 2.05) is 36.2 Å². The van der Waals surface area contributed by atoms with E-state index in [1.165, 1.54) is 11.3 Å². The predicted molar refractivity (Wildman–Crippen MR) is 141 cm³/mol. The Morgan fingerprint density at radius 3 is 2.61 bits per heavy atom. The van der Waals surface area contributed by atoms with Crippen LogP contribution < -0.4 is 16.0 Å².